The molecule has 5 nitrogen and oxygen atoms in total. The van der Waals surface area contributed by atoms with Crippen molar-refractivity contribution in [3.63, 3.8) is 0 Å². The lowest BCUT2D eigenvalue weighted by molar-refractivity contribution is 0.277. The molecule has 5 heteroatoms. The molecule has 0 aromatic heterocycles. The molecule has 0 bridgehead atoms. The van der Waals surface area contributed by atoms with Crippen LogP contribution in [0.4, 0.5) is 0 Å². The van der Waals surface area contributed by atoms with Gasteiger partial charge in [0.25, 0.3) is 0 Å². The number of benzene rings is 1. The second kappa shape index (κ2) is 6.90. The first-order chi connectivity index (χ1) is 10.7. The maximum absolute atomic E-state index is 6.12. The first-order valence-electron chi connectivity index (χ1n) is 8.16. The van der Waals surface area contributed by atoms with Gasteiger partial charge in [-0.05, 0) is 36.5 Å². The molecule has 1 aromatic rings. The number of hydrogen-bond donors (Lipinski definition) is 1. The SMILES string of the molecule is CC1CCN(C(N)=NCc2ccc3c(c2)OCCCO3)CC1. The predicted molar refractivity (Wildman–Crippen MR) is 87.3 cm³/mol. The van der Waals surface area contributed by atoms with Crippen molar-refractivity contribution in [3.8, 4) is 11.5 Å². The summed E-state index contributed by atoms with van der Waals surface area (Å²) in [6.45, 7) is 6.31. The Bertz CT molecular complexity index is 537. The van der Waals surface area contributed by atoms with E-state index < -0.39 is 0 Å². The van der Waals surface area contributed by atoms with Crippen LogP contribution in [0.15, 0.2) is 23.2 Å². The normalized spacial score (nSPS) is 19.9. The van der Waals surface area contributed by atoms with E-state index in [1.54, 1.807) is 0 Å². The van der Waals surface area contributed by atoms with Gasteiger partial charge in [0.2, 0.25) is 0 Å². The Labute approximate surface area is 132 Å². The minimum atomic E-state index is 0.578. The zero-order valence-corrected chi connectivity index (χ0v) is 13.3. The quantitative estimate of drug-likeness (QED) is 0.673. The summed E-state index contributed by atoms with van der Waals surface area (Å²) in [6, 6.07) is 6.00. The molecule has 22 heavy (non-hydrogen) atoms. The third kappa shape index (κ3) is 3.64. The summed E-state index contributed by atoms with van der Waals surface area (Å²) in [5.74, 6) is 3.09. The monoisotopic (exact) mass is 303 g/mol. The van der Waals surface area contributed by atoms with Crippen LogP contribution in [0, 0.1) is 5.92 Å². The molecule has 2 N–H and O–H groups in total. The molecule has 1 aromatic carbocycles. The summed E-state index contributed by atoms with van der Waals surface area (Å²) in [5.41, 5.74) is 7.22. The first-order valence-corrected chi connectivity index (χ1v) is 8.16. The zero-order chi connectivity index (χ0) is 15.4. The highest BCUT2D eigenvalue weighted by Crippen LogP contribution is 2.30. The highest BCUT2D eigenvalue weighted by molar-refractivity contribution is 5.78. The van der Waals surface area contributed by atoms with Crippen molar-refractivity contribution in [1.82, 2.24) is 4.90 Å². The Balaban J connectivity index is 1.63. The lowest BCUT2D eigenvalue weighted by Crippen LogP contribution is -2.42. The second-order valence-corrected chi connectivity index (χ2v) is 6.18. The molecule has 0 radical (unpaired) electrons. The van der Waals surface area contributed by atoms with Crippen molar-refractivity contribution in [1.29, 1.82) is 0 Å². The second-order valence-electron chi connectivity index (χ2n) is 6.18. The van der Waals surface area contributed by atoms with Crippen molar-refractivity contribution in [2.24, 2.45) is 16.6 Å². The number of nitrogens with zero attached hydrogens (tertiary/aromatic N) is 2. The summed E-state index contributed by atoms with van der Waals surface area (Å²) >= 11 is 0. The molecule has 2 aliphatic heterocycles. The van der Waals surface area contributed by atoms with E-state index in [0.717, 1.165) is 42.5 Å². The molecule has 120 valence electrons. The van der Waals surface area contributed by atoms with E-state index in [4.69, 9.17) is 15.2 Å². The van der Waals surface area contributed by atoms with Gasteiger partial charge in [0.05, 0.1) is 19.8 Å². The van der Waals surface area contributed by atoms with Crippen molar-refractivity contribution in [3.05, 3.63) is 23.8 Å². The Morgan fingerprint density at radius 3 is 2.73 bits per heavy atom. The average molecular weight is 303 g/mol. The number of nitrogens with two attached hydrogens (primary N) is 1. The molecule has 2 aliphatic rings. The van der Waals surface area contributed by atoms with E-state index in [9.17, 15) is 0 Å². The van der Waals surface area contributed by atoms with Crippen LogP contribution in [0.25, 0.3) is 0 Å². The van der Waals surface area contributed by atoms with E-state index in [1.807, 2.05) is 18.2 Å². The molecule has 0 aliphatic carbocycles. The average Bonchev–Trinajstić information content (AvgIpc) is 2.78. The minimum absolute atomic E-state index is 0.578. The molecule has 0 amide bonds. The number of fused-ring (bicyclic) bond motifs is 1. The van der Waals surface area contributed by atoms with Crippen molar-refractivity contribution in [2.75, 3.05) is 26.3 Å². The largest absolute Gasteiger partial charge is 0.490 e. The van der Waals surface area contributed by atoms with Crippen LogP contribution in [0.3, 0.4) is 0 Å². The van der Waals surface area contributed by atoms with E-state index >= 15 is 0 Å². The first kappa shape index (κ1) is 15.0. The number of rotatable bonds is 2. The van der Waals surface area contributed by atoms with Crippen molar-refractivity contribution >= 4 is 5.96 Å². The number of aliphatic imine (C=N–C) groups is 1. The van der Waals surface area contributed by atoms with E-state index in [2.05, 4.69) is 16.8 Å². The van der Waals surface area contributed by atoms with Gasteiger partial charge in [-0.15, -0.1) is 0 Å². The van der Waals surface area contributed by atoms with Gasteiger partial charge in [-0.1, -0.05) is 13.0 Å². The van der Waals surface area contributed by atoms with E-state index in [1.165, 1.54) is 12.8 Å². The molecule has 2 heterocycles. The Hall–Kier alpha value is -1.91. The fraction of sp³-hybridized carbons (Fsp3) is 0.588. The number of hydrogen-bond acceptors (Lipinski definition) is 3. The molecular weight excluding hydrogens is 278 g/mol. The van der Waals surface area contributed by atoms with E-state index in [0.29, 0.717) is 25.7 Å². The van der Waals surface area contributed by atoms with Crippen LogP contribution in [-0.2, 0) is 6.54 Å². The smallest absolute Gasteiger partial charge is 0.191 e. The van der Waals surface area contributed by atoms with Crippen LogP contribution in [0.5, 0.6) is 11.5 Å². The third-order valence-electron chi connectivity index (χ3n) is 4.34. The fourth-order valence-electron chi connectivity index (χ4n) is 2.82. The van der Waals surface area contributed by atoms with Gasteiger partial charge in [-0.2, -0.15) is 0 Å². The molecule has 0 spiro atoms. The van der Waals surface area contributed by atoms with Crippen LogP contribution in [0.1, 0.15) is 31.7 Å². The maximum atomic E-state index is 6.12. The standard InChI is InChI=1S/C17H25N3O2/c1-13-5-7-20(8-6-13)17(18)19-12-14-3-4-15-16(11-14)22-10-2-9-21-15/h3-4,11,13H,2,5-10,12H2,1H3,(H2,18,19). The van der Waals surface area contributed by atoms with Crippen LogP contribution >= 0.6 is 0 Å². The zero-order valence-electron chi connectivity index (χ0n) is 13.3. The molecule has 0 unspecified atom stereocenters. The molecule has 0 saturated carbocycles. The van der Waals surface area contributed by atoms with Gasteiger partial charge < -0.3 is 20.1 Å². The third-order valence-corrected chi connectivity index (χ3v) is 4.34. The minimum Gasteiger partial charge on any atom is -0.490 e. The Morgan fingerprint density at radius 2 is 1.95 bits per heavy atom. The van der Waals surface area contributed by atoms with Gasteiger partial charge in [0, 0.05) is 19.5 Å². The van der Waals surface area contributed by atoms with Crippen molar-refractivity contribution in [2.45, 2.75) is 32.7 Å². The predicted octanol–water partition coefficient (Wildman–Crippen LogP) is 2.39. The van der Waals surface area contributed by atoms with Gasteiger partial charge in [0.15, 0.2) is 17.5 Å². The van der Waals surface area contributed by atoms with Gasteiger partial charge in [0.1, 0.15) is 0 Å². The van der Waals surface area contributed by atoms with Gasteiger partial charge in [-0.3, -0.25) is 0 Å². The molecular formula is C17H25N3O2. The number of likely N-dealkylation sites (tertiary alicyclic amines) is 1. The topological polar surface area (TPSA) is 60.1 Å². The van der Waals surface area contributed by atoms with Gasteiger partial charge >= 0.3 is 0 Å². The molecule has 3 rings (SSSR count). The van der Waals surface area contributed by atoms with Gasteiger partial charge in [-0.25, -0.2) is 4.99 Å². The lowest BCUT2D eigenvalue weighted by atomic mass is 10.00. The Kier molecular flexibility index (Phi) is 4.71. The summed E-state index contributed by atoms with van der Waals surface area (Å²) in [7, 11) is 0. The summed E-state index contributed by atoms with van der Waals surface area (Å²) in [6.07, 6.45) is 3.31. The fourth-order valence-corrected chi connectivity index (χ4v) is 2.82. The number of piperidine rings is 1. The van der Waals surface area contributed by atoms with E-state index in [-0.39, 0.29) is 0 Å². The molecule has 0 atom stereocenters. The maximum Gasteiger partial charge on any atom is 0.191 e. The molecule has 1 saturated heterocycles. The van der Waals surface area contributed by atoms with Crippen LogP contribution in [0.2, 0.25) is 0 Å². The van der Waals surface area contributed by atoms with Crippen LogP contribution < -0.4 is 15.2 Å². The summed E-state index contributed by atoms with van der Waals surface area (Å²) in [5, 5.41) is 0. The summed E-state index contributed by atoms with van der Waals surface area (Å²) < 4.78 is 11.3. The Morgan fingerprint density at radius 1 is 1.23 bits per heavy atom. The number of ether oxygens (including phenoxy) is 2. The van der Waals surface area contributed by atoms with Crippen LogP contribution in [-0.4, -0.2) is 37.2 Å². The van der Waals surface area contributed by atoms with Crippen molar-refractivity contribution < 1.29 is 9.47 Å². The molecule has 1 fully saturated rings. The highest BCUT2D eigenvalue weighted by atomic mass is 16.5. The lowest BCUT2D eigenvalue weighted by Gasteiger charge is -2.31. The highest BCUT2D eigenvalue weighted by Gasteiger charge is 2.17. The summed E-state index contributed by atoms with van der Waals surface area (Å²) in [4.78, 5) is 6.72. The number of guanidine groups is 1.